The van der Waals surface area contributed by atoms with Gasteiger partial charge in [-0.3, -0.25) is 9.69 Å². The molecule has 0 radical (unpaired) electrons. The molecule has 0 atom stereocenters. The maximum Gasteiger partial charge on any atom is 0.233 e. The summed E-state index contributed by atoms with van der Waals surface area (Å²) in [6.07, 6.45) is 0.355. The molecule has 0 N–H and O–H groups in total. The molecule has 3 nitrogen and oxygen atoms in total. The van der Waals surface area contributed by atoms with Crippen LogP contribution >= 0.6 is 23.1 Å². The molecule has 0 aliphatic heterocycles. The van der Waals surface area contributed by atoms with E-state index in [0.29, 0.717) is 18.2 Å². The summed E-state index contributed by atoms with van der Waals surface area (Å²) in [6, 6.07) is 22.7. The second-order valence-corrected chi connectivity index (χ2v) is 11.0. The van der Waals surface area contributed by atoms with Crippen molar-refractivity contribution in [3.8, 4) is 0 Å². The number of hydrogen-bond donors (Lipinski definition) is 0. The number of carbonyl (C=O) groups excluding carboxylic acids is 1. The molecule has 32 heavy (non-hydrogen) atoms. The van der Waals surface area contributed by atoms with Crippen LogP contribution in [0.15, 0.2) is 71.6 Å². The van der Waals surface area contributed by atoms with Gasteiger partial charge in [-0.15, -0.1) is 11.8 Å². The van der Waals surface area contributed by atoms with Crippen molar-refractivity contribution in [1.29, 1.82) is 0 Å². The molecule has 0 saturated heterocycles. The zero-order chi connectivity index (χ0) is 22.7. The minimum Gasteiger partial charge on any atom is -0.283 e. The van der Waals surface area contributed by atoms with E-state index >= 15 is 0 Å². The van der Waals surface area contributed by atoms with Gasteiger partial charge in [-0.05, 0) is 54.3 Å². The zero-order valence-electron chi connectivity index (χ0n) is 19.0. The minimum absolute atomic E-state index is 0.0616. The molecule has 0 fully saturated rings. The molecule has 0 aliphatic carbocycles. The fourth-order valence-corrected chi connectivity index (χ4v) is 5.61. The Morgan fingerprint density at radius 2 is 1.72 bits per heavy atom. The number of thioether (sulfide) groups is 1. The van der Waals surface area contributed by atoms with Crippen LogP contribution in [0.1, 0.15) is 36.1 Å². The number of aryl methyl sites for hydroxylation is 2. The third kappa shape index (κ3) is 5.40. The van der Waals surface area contributed by atoms with Crippen LogP contribution in [-0.2, 0) is 17.8 Å². The van der Waals surface area contributed by atoms with Crippen molar-refractivity contribution in [1.82, 2.24) is 4.98 Å². The first kappa shape index (κ1) is 22.6. The molecule has 3 aromatic carbocycles. The molecule has 164 valence electrons. The van der Waals surface area contributed by atoms with Crippen molar-refractivity contribution in [2.45, 2.75) is 50.8 Å². The number of anilines is 1. The summed E-state index contributed by atoms with van der Waals surface area (Å²) in [5.74, 6) is 0.0616. The highest BCUT2D eigenvalue weighted by Crippen LogP contribution is 2.33. The molecule has 1 aromatic heterocycles. The summed E-state index contributed by atoms with van der Waals surface area (Å²) in [6.45, 7) is 9.07. The second-order valence-electron chi connectivity index (χ2n) is 8.38. The van der Waals surface area contributed by atoms with Gasteiger partial charge in [0.05, 0.1) is 23.2 Å². The Morgan fingerprint density at radius 1 is 1.00 bits per heavy atom. The first-order chi connectivity index (χ1) is 15.4. The Bertz CT molecular complexity index is 1210. The number of fused-ring (bicyclic) bond motifs is 1. The molecule has 0 saturated carbocycles. The zero-order valence-corrected chi connectivity index (χ0v) is 20.6. The van der Waals surface area contributed by atoms with E-state index in [1.54, 1.807) is 11.3 Å². The van der Waals surface area contributed by atoms with Crippen LogP contribution in [0.4, 0.5) is 5.13 Å². The molecule has 5 heteroatoms. The van der Waals surface area contributed by atoms with Crippen LogP contribution in [0.5, 0.6) is 0 Å². The van der Waals surface area contributed by atoms with E-state index in [9.17, 15) is 4.79 Å². The third-order valence-corrected chi connectivity index (χ3v) is 7.42. The number of rotatable bonds is 7. The van der Waals surface area contributed by atoms with Gasteiger partial charge in [0.25, 0.3) is 0 Å². The lowest BCUT2D eigenvalue weighted by molar-refractivity contribution is -0.118. The van der Waals surface area contributed by atoms with Crippen LogP contribution in [0.25, 0.3) is 10.2 Å². The van der Waals surface area contributed by atoms with E-state index in [-0.39, 0.29) is 5.91 Å². The smallest absolute Gasteiger partial charge is 0.233 e. The number of carbonyl (C=O) groups is 1. The van der Waals surface area contributed by atoms with E-state index in [2.05, 4.69) is 76.2 Å². The fourth-order valence-electron chi connectivity index (χ4n) is 3.74. The van der Waals surface area contributed by atoms with E-state index in [1.165, 1.54) is 16.0 Å². The normalized spacial score (nSPS) is 11.3. The minimum atomic E-state index is 0.0616. The summed E-state index contributed by atoms with van der Waals surface area (Å²) < 4.78 is 1.14. The molecule has 1 amide bonds. The lowest BCUT2D eigenvalue weighted by Gasteiger charge is -2.20. The standard InChI is InChI=1S/C27H28N2OS2/c1-18(2)31-23-12-10-21(11-13-23)16-25(30)29(17-22-8-6-5-7-9-22)27-28-24-15-19(3)14-20(4)26(24)32-27/h5-15,18H,16-17H2,1-4H3. The van der Waals surface area contributed by atoms with Gasteiger partial charge in [0.2, 0.25) is 5.91 Å². The second kappa shape index (κ2) is 9.88. The summed E-state index contributed by atoms with van der Waals surface area (Å²) in [5.41, 5.74) is 5.47. The largest absolute Gasteiger partial charge is 0.283 e. The van der Waals surface area contributed by atoms with Gasteiger partial charge >= 0.3 is 0 Å². The Balaban J connectivity index is 1.63. The van der Waals surface area contributed by atoms with Crippen LogP contribution < -0.4 is 4.90 Å². The van der Waals surface area contributed by atoms with Crippen molar-refractivity contribution < 1.29 is 4.79 Å². The first-order valence-electron chi connectivity index (χ1n) is 10.9. The highest BCUT2D eigenvalue weighted by Gasteiger charge is 2.21. The third-order valence-electron chi connectivity index (χ3n) is 5.17. The molecule has 0 bridgehead atoms. The molecular weight excluding hydrogens is 432 g/mol. The first-order valence-corrected chi connectivity index (χ1v) is 12.6. The molecule has 0 aliphatic rings. The van der Waals surface area contributed by atoms with Crippen molar-refractivity contribution in [2.75, 3.05) is 4.90 Å². The number of thiazole rings is 1. The number of hydrogen-bond acceptors (Lipinski definition) is 4. The fraction of sp³-hybridized carbons (Fsp3) is 0.259. The summed E-state index contributed by atoms with van der Waals surface area (Å²) >= 11 is 3.43. The number of benzene rings is 3. The summed E-state index contributed by atoms with van der Waals surface area (Å²) in [7, 11) is 0. The van der Waals surface area contributed by atoms with E-state index in [1.807, 2.05) is 34.9 Å². The van der Waals surface area contributed by atoms with Gasteiger partial charge in [0.15, 0.2) is 5.13 Å². The maximum atomic E-state index is 13.5. The van der Waals surface area contributed by atoms with Crippen molar-refractivity contribution >= 4 is 44.4 Å². The van der Waals surface area contributed by atoms with Gasteiger partial charge < -0.3 is 0 Å². The Kier molecular flexibility index (Phi) is 6.97. The lowest BCUT2D eigenvalue weighted by Crippen LogP contribution is -2.31. The van der Waals surface area contributed by atoms with Gasteiger partial charge in [0, 0.05) is 10.1 Å². The molecule has 0 spiro atoms. The average molecular weight is 461 g/mol. The van der Waals surface area contributed by atoms with E-state index in [0.717, 1.165) is 26.5 Å². The lowest BCUT2D eigenvalue weighted by atomic mass is 10.1. The molecular formula is C27H28N2OS2. The molecule has 0 unspecified atom stereocenters. The Morgan fingerprint density at radius 3 is 2.41 bits per heavy atom. The van der Waals surface area contributed by atoms with Gasteiger partial charge in [0.1, 0.15) is 0 Å². The molecule has 4 aromatic rings. The predicted octanol–water partition coefficient (Wildman–Crippen LogP) is 7.19. The van der Waals surface area contributed by atoms with Crippen LogP contribution in [0.2, 0.25) is 0 Å². The van der Waals surface area contributed by atoms with Crippen molar-refractivity contribution in [3.63, 3.8) is 0 Å². The number of aromatic nitrogens is 1. The van der Waals surface area contributed by atoms with E-state index in [4.69, 9.17) is 4.98 Å². The predicted molar refractivity (Wildman–Crippen MR) is 138 cm³/mol. The van der Waals surface area contributed by atoms with Crippen molar-refractivity contribution in [2.24, 2.45) is 0 Å². The Labute approximate surface area is 198 Å². The summed E-state index contributed by atoms with van der Waals surface area (Å²) in [5, 5.41) is 1.30. The topological polar surface area (TPSA) is 33.2 Å². The maximum absolute atomic E-state index is 13.5. The SMILES string of the molecule is Cc1cc(C)c2sc(N(Cc3ccccc3)C(=O)Cc3ccc(SC(C)C)cc3)nc2c1. The van der Waals surface area contributed by atoms with Crippen LogP contribution in [0.3, 0.4) is 0 Å². The van der Waals surface area contributed by atoms with Crippen LogP contribution in [0, 0.1) is 13.8 Å². The van der Waals surface area contributed by atoms with Gasteiger partial charge in [-0.1, -0.05) is 73.7 Å². The number of nitrogens with zero attached hydrogens (tertiary/aromatic N) is 2. The molecule has 4 rings (SSSR count). The monoisotopic (exact) mass is 460 g/mol. The Hall–Kier alpha value is -2.63. The highest BCUT2D eigenvalue weighted by atomic mass is 32.2. The highest BCUT2D eigenvalue weighted by molar-refractivity contribution is 7.99. The molecule has 1 heterocycles. The van der Waals surface area contributed by atoms with E-state index < -0.39 is 0 Å². The van der Waals surface area contributed by atoms with Crippen LogP contribution in [-0.4, -0.2) is 16.1 Å². The van der Waals surface area contributed by atoms with Gasteiger partial charge in [-0.2, -0.15) is 0 Å². The number of amides is 1. The van der Waals surface area contributed by atoms with Gasteiger partial charge in [-0.25, -0.2) is 4.98 Å². The van der Waals surface area contributed by atoms with Crippen molar-refractivity contribution in [3.05, 3.63) is 89.0 Å². The quantitative estimate of drug-likeness (QED) is 0.274. The average Bonchev–Trinajstić information content (AvgIpc) is 3.18. The summed E-state index contributed by atoms with van der Waals surface area (Å²) in [4.78, 5) is 21.4.